The van der Waals surface area contributed by atoms with Crippen LogP contribution in [-0.4, -0.2) is 24.7 Å². The van der Waals surface area contributed by atoms with E-state index < -0.39 is 4.92 Å². The van der Waals surface area contributed by atoms with Crippen LogP contribution in [0.3, 0.4) is 0 Å². The van der Waals surface area contributed by atoms with Crippen LogP contribution in [0.5, 0.6) is 11.5 Å². The lowest BCUT2D eigenvalue weighted by molar-refractivity contribution is -0.384. The monoisotopic (exact) mass is 226 g/mol. The largest absolute Gasteiger partial charge is 0.493 e. The summed E-state index contributed by atoms with van der Waals surface area (Å²) in [6.07, 6.45) is 0. The minimum Gasteiger partial charge on any atom is -0.493 e. The van der Waals surface area contributed by atoms with Crippen LogP contribution in [0.2, 0.25) is 0 Å². The summed E-state index contributed by atoms with van der Waals surface area (Å²) in [6.45, 7) is 2.13. The molecule has 1 aromatic rings. The van der Waals surface area contributed by atoms with Crippen LogP contribution >= 0.6 is 0 Å². The number of ether oxygens (including phenoxy) is 2. The zero-order chi connectivity index (χ0) is 12.1. The summed E-state index contributed by atoms with van der Waals surface area (Å²) in [5.74, 6) is 0.778. The molecule has 0 saturated carbocycles. The maximum absolute atomic E-state index is 10.5. The van der Waals surface area contributed by atoms with E-state index in [0.29, 0.717) is 18.1 Å². The number of methoxy groups -OCH3 is 1. The van der Waals surface area contributed by atoms with Gasteiger partial charge in [0.2, 0.25) is 0 Å². The second kappa shape index (κ2) is 5.32. The number of nitrogens with two attached hydrogens (primary N) is 1. The van der Waals surface area contributed by atoms with E-state index in [9.17, 15) is 10.1 Å². The van der Waals surface area contributed by atoms with Gasteiger partial charge in [-0.1, -0.05) is 0 Å². The van der Waals surface area contributed by atoms with Crippen molar-refractivity contribution in [2.45, 2.75) is 13.0 Å². The molecule has 16 heavy (non-hydrogen) atoms. The Bertz CT molecular complexity index is 379. The molecule has 0 spiro atoms. The van der Waals surface area contributed by atoms with Gasteiger partial charge in [-0.2, -0.15) is 0 Å². The predicted molar refractivity (Wildman–Crippen MR) is 58.8 cm³/mol. The molecule has 0 fully saturated rings. The van der Waals surface area contributed by atoms with E-state index in [2.05, 4.69) is 0 Å². The molecule has 1 atom stereocenters. The van der Waals surface area contributed by atoms with Crippen molar-refractivity contribution in [3.63, 3.8) is 0 Å². The molecule has 0 saturated heterocycles. The van der Waals surface area contributed by atoms with Crippen LogP contribution in [-0.2, 0) is 0 Å². The highest BCUT2D eigenvalue weighted by Crippen LogP contribution is 2.30. The van der Waals surface area contributed by atoms with Crippen LogP contribution in [0, 0.1) is 10.1 Å². The normalized spacial score (nSPS) is 11.9. The third-order valence-electron chi connectivity index (χ3n) is 1.86. The Labute approximate surface area is 93.1 Å². The number of nitro groups is 1. The maximum Gasteiger partial charge on any atom is 0.273 e. The van der Waals surface area contributed by atoms with Gasteiger partial charge >= 0.3 is 0 Å². The SMILES string of the molecule is COc1cc([N+](=O)[O-])ccc1OCC(C)N. The molecule has 2 N–H and O–H groups in total. The lowest BCUT2D eigenvalue weighted by atomic mass is 10.3. The molecule has 0 aliphatic carbocycles. The topological polar surface area (TPSA) is 87.6 Å². The van der Waals surface area contributed by atoms with Gasteiger partial charge in [0, 0.05) is 12.1 Å². The minimum atomic E-state index is -0.488. The molecule has 1 unspecified atom stereocenters. The summed E-state index contributed by atoms with van der Waals surface area (Å²) >= 11 is 0. The average Bonchev–Trinajstić information content (AvgIpc) is 2.25. The van der Waals surface area contributed by atoms with Gasteiger partial charge in [-0.3, -0.25) is 10.1 Å². The van der Waals surface area contributed by atoms with E-state index in [0.717, 1.165) is 0 Å². The van der Waals surface area contributed by atoms with Gasteiger partial charge in [0.15, 0.2) is 11.5 Å². The Balaban J connectivity index is 2.89. The number of hydrogen-bond acceptors (Lipinski definition) is 5. The Hall–Kier alpha value is -1.82. The fraction of sp³-hybridized carbons (Fsp3) is 0.400. The van der Waals surface area contributed by atoms with Gasteiger partial charge in [-0.05, 0) is 13.0 Å². The molecule has 0 radical (unpaired) electrons. The van der Waals surface area contributed by atoms with Crippen molar-refractivity contribution >= 4 is 5.69 Å². The van der Waals surface area contributed by atoms with Gasteiger partial charge in [-0.25, -0.2) is 0 Å². The molecule has 88 valence electrons. The Kier molecular flexibility index (Phi) is 4.07. The van der Waals surface area contributed by atoms with Gasteiger partial charge in [-0.15, -0.1) is 0 Å². The number of nitrogens with zero attached hydrogens (tertiary/aromatic N) is 1. The maximum atomic E-state index is 10.5. The molecule has 0 amide bonds. The first-order valence-electron chi connectivity index (χ1n) is 4.75. The molecule has 0 aliphatic rings. The minimum absolute atomic E-state index is 0.0370. The first-order chi connectivity index (χ1) is 7.54. The van der Waals surface area contributed by atoms with Crippen LogP contribution < -0.4 is 15.2 Å². The van der Waals surface area contributed by atoms with Crippen LogP contribution in [0.1, 0.15) is 6.92 Å². The number of benzene rings is 1. The van der Waals surface area contributed by atoms with Gasteiger partial charge in [0.25, 0.3) is 5.69 Å². The highest BCUT2D eigenvalue weighted by molar-refractivity contribution is 5.48. The van der Waals surface area contributed by atoms with Crippen LogP contribution in [0.4, 0.5) is 5.69 Å². The van der Waals surface area contributed by atoms with E-state index in [1.165, 1.54) is 25.3 Å². The van der Waals surface area contributed by atoms with Crippen LogP contribution in [0.25, 0.3) is 0 Å². The van der Waals surface area contributed by atoms with E-state index in [-0.39, 0.29) is 11.7 Å². The second-order valence-corrected chi connectivity index (χ2v) is 3.38. The van der Waals surface area contributed by atoms with Crippen LogP contribution in [0.15, 0.2) is 18.2 Å². The highest BCUT2D eigenvalue weighted by atomic mass is 16.6. The first kappa shape index (κ1) is 12.3. The van der Waals surface area contributed by atoms with E-state index in [1.807, 2.05) is 0 Å². The van der Waals surface area contributed by atoms with E-state index in [1.54, 1.807) is 6.92 Å². The molecule has 0 bridgehead atoms. The number of non-ortho nitro benzene ring substituents is 1. The zero-order valence-corrected chi connectivity index (χ0v) is 9.17. The molecular formula is C10H14N2O4. The lowest BCUT2D eigenvalue weighted by Crippen LogP contribution is -2.23. The second-order valence-electron chi connectivity index (χ2n) is 3.38. The predicted octanol–water partition coefficient (Wildman–Crippen LogP) is 1.33. The zero-order valence-electron chi connectivity index (χ0n) is 9.17. The lowest BCUT2D eigenvalue weighted by Gasteiger charge is -2.11. The smallest absolute Gasteiger partial charge is 0.273 e. The van der Waals surface area contributed by atoms with Crippen molar-refractivity contribution in [3.8, 4) is 11.5 Å². The van der Waals surface area contributed by atoms with Crippen molar-refractivity contribution in [3.05, 3.63) is 28.3 Å². The van der Waals surface area contributed by atoms with Crippen molar-refractivity contribution in [2.75, 3.05) is 13.7 Å². The quantitative estimate of drug-likeness (QED) is 0.604. The van der Waals surface area contributed by atoms with Gasteiger partial charge in [0.05, 0.1) is 18.1 Å². The summed E-state index contributed by atoms with van der Waals surface area (Å²) < 4.78 is 10.3. The molecule has 6 heteroatoms. The Morgan fingerprint density at radius 3 is 2.69 bits per heavy atom. The molecule has 1 aromatic carbocycles. The average molecular weight is 226 g/mol. The molecule has 1 rings (SSSR count). The third kappa shape index (κ3) is 3.09. The summed E-state index contributed by atoms with van der Waals surface area (Å²) in [5.41, 5.74) is 5.50. The number of rotatable bonds is 5. The number of hydrogen-bond donors (Lipinski definition) is 1. The number of nitro benzene ring substituents is 1. The fourth-order valence-electron chi connectivity index (χ4n) is 1.11. The summed E-state index contributed by atoms with van der Waals surface area (Å²) in [4.78, 5) is 10.0. The van der Waals surface area contributed by atoms with Crippen molar-refractivity contribution in [1.29, 1.82) is 0 Å². The van der Waals surface area contributed by atoms with Crippen molar-refractivity contribution in [2.24, 2.45) is 5.73 Å². The van der Waals surface area contributed by atoms with Crippen molar-refractivity contribution in [1.82, 2.24) is 0 Å². The third-order valence-corrected chi connectivity index (χ3v) is 1.86. The molecule has 0 aliphatic heterocycles. The highest BCUT2D eigenvalue weighted by Gasteiger charge is 2.12. The summed E-state index contributed by atoms with van der Waals surface area (Å²) in [7, 11) is 1.43. The molecule has 0 heterocycles. The summed E-state index contributed by atoms with van der Waals surface area (Å²) in [6, 6.07) is 4.06. The Morgan fingerprint density at radius 1 is 1.50 bits per heavy atom. The van der Waals surface area contributed by atoms with E-state index in [4.69, 9.17) is 15.2 Å². The molecule has 0 aromatic heterocycles. The molecule has 6 nitrogen and oxygen atoms in total. The van der Waals surface area contributed by atoms with Gasteiger partial charge in [0.1, 0.15) is 6.61 Å². The first-order valence-corrected chi connectivity index (χ1v) is 4.75. The summed E-state index contributed by atoms with van der Waals surface area (Å²) in [5, 5.41) is 10.5. The van der Waals surface area contributed by atoms with E-state index >= 15 is 0 Å². The van der Waals surface area contributed by atoms with Gasteiger partial charge < -0.3 is 15.2 Å². The molecular weight excluding hydrogens is 212 g/mol. The fourth-order valence-corrected chi connectivity index (χ4v) is 1.11. The Morgan fingerprint density at radius 2 is 2.19 bits per heavy atom. The van der Waals surface area contributed by atoms with Crippen molar-refractivity contribution < 1.29 is 14.4 Å². The standard InChI is InChI=1S/C10H14N2O4/c1-7(11)6-16-9-4-3-8(12(13)14)5-10(9)15-2/h3-5,7H,6,11H2,1-2H3.